The van der Waals surface area contributed by atoms with Gasteiger partial charge in [-0.3, -0.25) is 14.9 Å². The van der Waals surface area contributed by atoms with Gasteiger partial charge >= 0.3 is 6.18 Å². The number of nitrogens with zero attached hydrogens (tertiary/aromatic N) is 2. The smallest absolute Gasteiger partial charge is 0.418 e. The molecule has 0 bridgehead atoms. The highest BCUT2D eigenvalue weighted by atomic mass is 19.4. The number of alkyl halides is 3. The molecule has 1 N–H and O–H groups in total. The summed E-state index contributed by atoms with van der Waals surface area (Å²) >= 11 is 0. The van der Waals surface area contributed by atoms with E-state index < -0.39 is 22.4 Å². The van der Waals surface area contributed by atoms with Gasteiger partial charge in [-0.1, -0.05) is 0 Å². The van der Waals surface area contributed by atoms with Crippen LogP contribution in [-0.4, -0.2) is 43.2 Å². The molecule has 1 aromatic rings. The zero-order chi connectivity index (χ0) is 20.0. The predicted molar refractivity (Wildman–Crippen MR) is 90.1 cm³/mol. The number of nitrogens with one attached hydrogen (secondary N) is 1. The van der Waals surface area contributed by atoms with Crippen molar-refractivity contribution in [3.8, 4) is 0 Å². The van der Waals surface area contributed by atoms with Crippen LogP contribution in [-0.2, 0) is 15.7 Å². The van der Waals surface area contributed by atoms with Gasteiger partial charge < -0.3 is 15.0 Å². The number of non-ortho nitro benzene ring substituents is 1. The lowest BCUT2D eigenvalue weighted by molar-refractivity contribution is -0.385. The summed E-state index contributed by atoms with van der Waals surface area (Å²) < 4.78 is 43.5. The molecule has 26 heavy (non-hydrogen) atoms. The largest absolute Gasteiger partial charge is 0.462 e. The Morgan fingerprint density at radius 1 is 1.23 bits per heavy atom. The number of benzene rings is 1. The topological polar surface area (TPSA) is 84.7 Å². The van der Waals surface area contributed by atoms with Crippen LogP contribution in [0.2, 0.25) is 0 Å². The van der Waals surface area contributed by atoms with Crippen molar-refractivity contribution >= 4 is 17.8 Å². The molecular formula is C16H22F3N3O4. The van der Waals surface area contributed by atoms with Crippen molar-refractivity contribution in [1.29, 1.82) is 0 Å². The Kier molecular flexibility index (Phi) is 7.37. The molecule has 1 saturated heterocycles. The van der Waals surface area contributed by atoms with Crippen molar-refractivity contribution in [3.05, 3.63) is 33.9 Å². The Balaban J connectivity index is 0.000000412. The summed E-state index contributed by atoms with van der Waals surface area (Å²) in [7, 11) is 0. The summed E-state index contributed by atoms with van der Waals surface area (Å²) in [6, 6.07) is 2.87. The molecule has 10 heteroatoms. The second-order valence-corrected chi connectivity index (χ2v) is 6.52. The van der Waals surface area contributed by atoms with E-state index in [1.165, 1.54) is 6.07 Å². The lowest BCUT2D eigenvalue weighted by Crippen LogP contribution is -2.44. The number of hydrogen-bond acceptors (Lipinski definition) is 6. The fraction of sp³-hybridized carbons (Fsp3) is 0.562. The molecule has 1 aliphatic heterocycles. The summed E-state index contributed by atoms with van der Waals surface area (Å²) in [6.45, 7) is 7.99. The van der Waals surface area contributed by atoms with Gasteiger partial charge in [0.05, 0.1) is 10.5 Å². The van der Waals surface area contributed by atoms with Crippen molar-refractivity contribution in [2.45, 2.75) is 32.5 Å². The number of carbonyl (C=O) groups is 1. The first kappa shape index (κ1) is 21.7. The van der Waals surface area contributed by atoms with E-state index in [-0.39, 0.29) is 11.3 Å². The van der Waals surface area contributed by atoms with Crippen LogP contribution in [0.3, 0.4) is 0 Å². The van der Waals surface area contributed by atoms with Crippen molar-refractivity contribution < 1.29 is 27.6 Å². The number of anilines is 1. The number of nitro groups is 1. The molecular weight excluding hydrogens is 355 g/mol. The summed E-state index contributed by atoms with van der Waals surface area (Å²) in [5, 5.41) is 13.6. The maximum Gasteiger partial charge on any atom is 0.418 e. The molecule has 0 radical (unpaired) electrons. The molecule has 0 aromatic heterocycles. The van der Waals surface area contributed by atoms with E-state index in [0.29, 0.717) is 38.7 Å². The van der Waals surface area contributed by atoms with E-state index in [0.717, 1.165) is 6.07 Å². The van der Waals surface area contributed by atoms with Crippen molar-refractivity contribution in [2.75, 3.05) is 31.1 Å². The van der Waals surface area contributed by atoms with Crippen LogP contribution in [0.4, 0.5) is 24.5 Å². The fourth-order valence-electron chi connectivity index (χ4n) is 2.19. The van der Waals surface area contributed by atoms with Crippen LogP contribution in [0.5, 0.6) is 0 Å². The fourth-order valence-corrected chi connectivity index (χ4v) is 2.19. The quantitative estimate of drug-likeness (QED) is 0.495. The van der Waals surface area contributed by atoms with Crippen LogP contribution in [0.25, 0.3) is 0 Å². The number of carbonyl (C=O) groups excluding carboxylic acids is 1. The number of halogens is 3. The maximum absolute atomic E-state index is 13.0. The number of piperazine rings is 1. The van der Waals surface area contributed by atoms with Gasteiger partial charge in [-0.05, 0) is 26.8 Å². The van der Waals surface area contributed by atoms with Crippen LogP contribution < -0.4 is 10.2 Å². The first-order valence-corrected chi connectivity index (χ1v) is 7.88. The molecule has 1 heterocycles. The first-order valence-electron chi connectivity index (χ1n) is 7.88. The number of rotatable bonds is 3. The van der Waals surface area contributed by atoms with Crippen molar-refractivity contribution in [2.24, 2.45) is 0 Å². The molecule has 1 aromatic carbocycles. The van der Waals surface area contributed by atoms with E-state index in [9.17, 15) is 28.1 Å². The zero-order valence-electron chi connectivity index (χ0n) is 14.8. The van der Waals surface area contributed by atoms with Gasteiger partial charge in [0.1, 0.15) is 5.60 Å². The van der Waals surface area contributed by atoms with Gasteiger partial charge in [0, 0.05) is 44.0 Å². The van der Waals surface area contributed by atoms with E-state index in [4.69, 9.17) is 0 Å². The second-order valence-electron chi connectivity index (χ2n) is 6.52. The molecule has 2 rings (SSSR count). The van der Waals surface area contributed by atoms with Crippen LogP contribution in [0, 0.1) is 10.1 Å². The molecule has 1 aliphatic rings. The number of ether oxygens (including phenoxy) is 1. The monoisotopic (exact) mass is 377 g/mol. The van der Waals surface area contributed by atoms with E-state index in [1.807, 2.05) is 20.8 Å². The SMILES string of the molecule is CC(C)(C)OC=O.O=[N+]([O-])c1ccc(N2CCNCC2)c(C(F)(F)F)c1. The summed E-state index contributed by atoms with van der Waals surface area (Å²) in [5.41, 5.74) is -1.82. The molecule has 0 unspecified atom stereocenters. The molecule has 1 fully saturated rings. The van der Waals surface area contributed by atoms with Gasteiger partial charge in [-0.15, -0.1) is 0 Å². The highest BCUT2D eigenvalue weighted by Crippen LogP contribution is 2.38. The Bertz CT molecular complexity index is 624. The standard InChI is InChI=1S/C11H12F3N3O2.C5H10O2/c12-11(13,14)9-7-8(17(18)19)1-2-10(9)16-5-3-15-4-6-16;1-5(2,3)7-4-6/h1-2,7,15H,3-6H2;4H,1-3H3. The van der Waals surface area contributed by atoms with Crippen LogP contribution in [0.15, 0.2) is 18.2 Å². The normalized spacial score (nSPS) is 14.9. The Hall–Kier alpha value is -2.36. The lowest BCUT2D eigenvalue weighted by Gasteiger charge is -2.31. The third-order valence-electron chi connectivity index (χ3n) is 3.36. The average molecular weight is 377 g/mol. The molecule has 146 valence electrons. The first-order chi connectivity index (χ1) is 12.0. The van der Waals surface area contributed by atoms with Crippen molar-refractivity contribution in [1.82, 2.24) is 5.32 Å². The summed E-state index contributed by atoms with van der Waals surface area (Å²) in [6.07, 6.45) is -4.60. The van der Waals surface area contributed by atoms with Gasteiger partial charge in [0.15, 0.2) is 0 Å². The average Bonchev–Trinajstić information content (AvgIpc) is 2.53. The molecule has 0 spiro atoms. The second kappa shape index (κ2) is 8.84. The van der Waals surface area contributed by atoms with Gasteiger partial charge in [0.2, 0.25) is 0 Å². The minimum absolute atomic E-state index is 0.000370. The van der Waals surface area contributed by atoms with Gasteiger partial charge in [0.25, 0.3) is 12.2 Å². The molecule has 7 nitrogen and oxygen atoms in total. The van der Waals surface area contributed by atoms with Crippen molar-refractivity contribution in [3.63, 3.8) is 0 Å². The zero-order valence-corrected chi connectivity index (χ0v) is 14.8. The highest BCUT2D eigenvalue weighted by molar-refractivity contribution is 5.59. The third kappa shape index (κ3) is 6.87. The predicted octanol–water partition coefficient (Wildman–Crippen LogP) is 2.98. The number of nitro benzene ring substituents is 1. The van der Waals surface area contributed by atoms with Crippen LogP contribution >= 0.6 is 0 Å². The highest BCUT2D eigenvalue weighted by Gasteiger charge is 2.36. The maximum atomic E-state index is 13.0. The molecule has 0 amide bonds. The Morgan fingerprint density at radius 3 is 2.19 bits per heavy atom. The lowest BCUT2D eigenvalue weighted by atomic mass is 10.1. The Morgan fingerprint density at radius 2 is 1.81 bits per heavy atom. The third-order valence-corrected chi connectivity index (χ3v) is 3.36. The minimum Gasteiger partial charge on any atom is -0.462 e. The summed E-state index contributed by atoms with van der Waals surface area (Å²) in [5.74, 6) is 0. The van der Waals surface area contributed by atoms with Crippen LogP contribution in [0.1, 0.15) is 26.3 Å². The minimum atomic E-state index is -4.60. The molecule has 0 aliphatic carbocycles. The number of hydrogen-bond donors (Lipinski definition) is 1. The van der Waals surface area contributed by atoms with E-state index in [2.05, 4.69) is 10.1 Å². The van der Waals surface area contributed by atoms with E-state index in [1.54, 1.807) is 4.90 Å². The molecule has 0 saturated carbocycles. The molecule has 0 atom stereocenters. The van der Waals surface area contributed by atoms with Gasteiger partial charge in [-0.2, -0.15) is 13.2 Å². The Labute approximate surface area is 149 Å². The van der Waals surface area contributed by atoms with Gasteiger partial charge in [-0.25, -0.2) is 0 Å². The summed E-state index contributed by atoms with van der Waals surface area (Å²) in [4.78, 5) is 20.9. The van der Waals surface area contributed by atoms with E-state index >= 15 is 0 Å².